The molecule has 0 saturated carbocycles. The Morgan fingerprint density at radius 1 is 0.390 bits per heavy atom. The number of H-pyrrole nitrogens is 2. The Kier molecular flexibility index (Phi) is 5.21. The normalized spacial score (nSPS) is 11.7. The quantitative estimate of drug-likeness (QED) is 0.182. The van der Waals surface area contributed by atoms with Gasteiger partial charge in [0, 0.05) is 68.8 Å². The molecule has 4 aromatic carbocycles. The van der Waals surface area contributed by atoms with Crippen LogP contribution in [0.15, 0.2) is 103 Å². The summed E-state index contributed by atoms with van der Waals surface area (Å²) in [6.07, 6.45) is 0. The van der Waals surface area contributed by atoms with E-state index in [1.54, 1.807) is 0 Å². The Morgan fingerprint density at radius 2 is 0.805 bits per heavy atom. The third-order valence-corrected chi connectivity index (χ3v) is 7.62. The number of hydrogen-bond donors (Lipinski definition) is 2. The van der Waals surface area contributed by atoms with Gasteiger partial charge < -0.3 is 9.97 Å². The van der Waals surface area contributed by atoms with E-state index in [-0.39, 0.29) is 19.5 Å². The molecule has 0 atom stereocenters. The van der Waals surface area contributed by atoms with Crippen LogP contribution in [0.25, 0.3) is 89.4 Å². The second kappa shape index (κ2) is 8.98. The van der Waals surface area contributed by atoms with Gasteiger partial charge in [-0.2, -0.15) is 0 Å². The summed E-state index contributed by atoms with van der Waals surface area (Å²) < 4.78 is 0. The predicted molar refractivity (Wildman–Crippen MR) is 158 cm³/mol. The number of benzene rings is 4. The minimum Gasteiger partial charge on any atom is -0.339 e. The van der Waals surface area contributed by atoms with Crippen LogP contribution >= 0.6 is 0 Å². The summed E-state index contributed by atoms with van der Waals surface area (Å²) in [7, 11) is 0. The topological polar surface area (TPSA) is 96.0 Å². The SMILES string of the molecule is [Zn].c1ccc2c(c1)-c1cc3[nH]c(nc4nc(nc5[nH]c(nc-2n1)c1ccccc51)-c1ccccc1-4)c1ccccc31. The molecule has 8 heteroatoms. The molecular formula is C33H19N7Zn. The molecule has 2 aliphatic rings. The first-order chi connectivity index (χ1) is 19.8. The molecule has 0 spiro atoms. The summed E-state index contributed by atoms with van der Waals surface area (Å²) in [5, 5.41) is 4.03. The van der Waals surface area contributed by atoms with E-state index in [2.05, 4.69) is 52.4 Å². The van der Waals surface area contributed by atoms with Gasteiger partial charge in [-0.05, 0) is 6.07 Å². The average molecular weight is 579 g/mol. The van der Waals surface area contributed by atoms with E-state index in [9.17, 15) is 0 Å². The molecule has 9 rings (SSSR count). The van der Waals surface area contributed by atoms with Crippen molar-refractivity contribution in [1.29, 1.82) is 0 Å². The maximum absolute atomic E-state index is 5.06. The first kappa shape index (κ1) is 23.8. The van der Waals surface area contributed by atoms with Crippen LogP contribution in [-0.2, 0) is 19.5 Å². The van der Waals surface area contributed by atoms with E-state index in [0.29, 0.717) is 28.8 Å². The van der Waals surface area contributed by atoms with Crippen LogP contribution < -0.4 is 0 Å². The molecule has 0 saturated heterocycles. The van der Waals surface area contributed by atoms with Crippen molar-refractivity contribution >= 4 is 44.0 Å². The van der Waals surface area contributed by atoms with E-state index >= 15 is 0 Å². The van der Waals surface area contributed by atoms with E-state index < -0.39 is 0 Å². The van der Waals surface area contributed by atoms with Crippen molar-refractivity contribution in [3.63, 3.8) is 0 Å². The Bertz CT molecular complexity index is 2030. The average Bonchev–Trinajstić information content (AvgIpc) is 3.73. The molecule has 3 aromatic heterocycles. The Balaban J connectivity index is 0.00000256. The fourth-order valence-electron chi connectivity index (χ4n) is 5.76. The standard InChI is InChI=1S/C33H19N7.Zn/c1-3-11-20-18(9-1)26-17-27-19-10-2-4-12-21(19)29(35-27)37-31-23-14-6-8-16-25(23)33(39-31)40-32-24-15-7-5-13-22(24)30(38-32)36-28(20)34-26;/h1-17H,(H2,34,35,36,37,38,39,40);. The second-order valence-corrected chi connectivity index (χ2v) is 9.95. The maximum atomic E-state index is 5.06. The molecule has 41 heavy (non-hydrogen) atoms. The number of aromatic nitrogens is 7. The van der Waals surface area contributed by atoms with Crippen molar-refractivity contribution in [2.24, 2.45) is 0 Å². The van der Waals surface area contributed by atoms with E-state index in [4.69, 9.17) is 24.9 Å². The third-order valence-electron chi connectivity index (χ3n) is 7.62. The summed E-state index contributed by atoms with van der Waals surface area (Å²) in [4.78, 5) is 32.1. The summed E-state index contributed by atoms with van der Waals surface area (Å²) in [6, 6.07) is 34.8. The van der Waals surface area contributed by atoms with Crippen LogP contribution in [0, 0.1) is 0 Å². The van der Waals surface area contributed by atoms with Gasteiger partial charge in [0.25, 0.3) is 0 Å². The number of nitrogens with one attached hydrogen (secondary N) is 2. The third kappa shape index (κ3) is 3.58. The monoisotopic (exact) mass is 577 g/mol. The molecule has 0 amide bonds. The van der Waals surface area contributed by atoms with Crippen molar-refractivity contribution in [1.82, 2.24) is 34.9 Å². The van der Waals surface area contributed by atoms with Crippen LogP contribution in [0.5, 0.6) is 0 Å². The Hall–Kier alpha value is -5.07. The smallest absolute Gasteiger partial charge is 0.164 e. The van der Waals surface area contributed by atoms with Gasteiger partial charge in [-0.25, -0.2) is 24.9 Å². The van der Waals surface area contributed by atoms with Crippen molar-refractivity contribution in [3.05, 3.63) is 103 Å². The van der Waals surface area contributed by atoms with Gasteiger partial charge in [0.05, 0.1) is 5.69 Å². The first-order valence-corrected chi connectivity index (χ1v) is 13.1. The summed E-state index contributed by atoms with van der Waals surface area (Å²) in [6.45, 7) is 0. The Labute approximate surface area is 246 Å². The zero-order chi connectivity index (χ0) is 26.2. The minimum absolute atomic E-state index is 0. The van der Waals surface area contributed by atoms with Gasteiger partial charge >= 0.3 is 0 Å². The molecule has 2 N–H and O–H groups in total. The molecule has 0 aliphatic carbocycles. The molecule has 5 heterocycles. The van der Waals surface area contributed by atoms with Gasteiger partial charge in [0.1, 0.15) is 16.9 Å². The minimum atomic E-state index is 0. The van der Waals surface area contributed by atoms with Gasteiger partial charge in [-0.3, -0.25) is 0 Å². The maximum Gasteiger partial charge on any atom is 0.164 e. The molecule has 8 bridgehead atoms. The van der Waals surface area contributed by atoms with Gasteiger partial charge in [0.15, 0.2) is 17.5 Å². The van der Waals surface area contributed by atoms with E-state index in [1.807, 2.05) is 60.7 Å². The van der Waals surface area contributed by atoms with Crippen LogP contribution in [0.1, 0.15) is 0 Å². The fraction of sp³-hybridized carbons (Fsp3) is 0. The van der Waals surface area contributed by atoms with Crippen LogP contribution in [-0.4, -0.2) is 34.9 Å². The molecule has 0 radical (unpaired) electrons. The molecular weight excluding hydrogens is 560 g/mol. The number of rotatable bonds is 0. The van der Waals surface area contributed by atoms with E-state index in [1.165, 1.54) is 0 Å². The largest absolute Gasteiger partial charge is 0.339 e. The number of nitrogens with zero attached hydrogens (tertiary/aromatic N) is 5. The molecule has 2 aliphatic heterocycles. The molecule has 7 nitrogen and oxygen atoms in total. The second-order valence-electron chi connectivity index (χ2n) is 9.95. The van der Waals surface area contributed by atoms with Gasteiger partial charge in [-0.1, -0.05) is 97.1 Å². The molecule has 0 fully saturated rings. The summed E-state index contributed by atoms with van der Waals surface area (Å²) in [5.74, 6) is 1.90. The number of aromatic amines is 2. The van der Waals surface area contributed by atoms with Crippen molar-refractivity contribution < 1.29 is 19.5 Å². The molecule has 188 valence electrons. The van der Waals surface area contributed by atoms with Crippen molar-refractivity contribution in [2.75, 3.05) is 0 Å². The molecule has 0 unspecified atom stereocenters. The van der Waals surface area contributed by atoms with Gasteiger partial charge in [0.2, 0.25) is 0 Å². The molecule has 7 aromatic rings. The fourth-order valence-corrected chi connectivity index (χ4v) is 5.76. The number of fused-ring (bicyclic) bond motifs is 20. The van der Waals surface area contributed by atoms with Crippen LogP contribution in [0.3, 0.4) is 0 Å². The van der Waals surface area contributed by atoms with Crippen LogP contribution in [0.4, 0.5) is 0 Å². The zero-order valence-corrected chi connectivity index (χ0v) is 24.7. The first-order valence-electron chi connectivity index (χ1n) is 13.1. The predicted octanol–water partition coefficient (Wildman–Crippen LogP) is 7.47. The zero-order valence-electron chi connectivity index (χ0n) is 21.8. The summed E-state index contributed by atoms with van der Waals surface area (Å²) >= 11 is 0. The van der Waals surface area contributed by atoms with Crippen molar-refractivity contribution in [2.45, 2.75) is 0 Å². The van der Waals surface area contributed by atoms with E-state index in [0.717, 1.165) is 60.7 Å². The summed E-state index contributed by atoms with van der Waals surface area (Å²) in [5.41, 5.74) is 7.86. The number of hydrogen-bond acceptors (Lipinski definition) is 5. The van der Waals surface area contributed by atoms with Crippen molar-refractivity contribution in [3.8, 4) is 45.4 Å². The van der Waals surface area contributed by atoms with Gasteiger partial charge in [-0.15, -0.1) is 0 Å². The Morgan fingerprint density at radius 3 is 1.39 bits per heavy atom. The van der Waals surface area contributed by atoms with Crippen LogP contribution in [0.2, 0.25) is 0 Å².